The van der Waals surface area contributed by atoms with Crippen LogP contribution in [0.5, 0.6) is 0 Å². The van der Waals surface area contributed by atoms with Crippen LogP contribution in [0.4, 0.5) is 0 Å². The summed E-state index contributed by atoms with van der Waals surface area (Å²) in [4.78, 5) is 17.3. The smallest absolute Gasteiger partial charge is 0.338 e. The SMILES string of the molecule is CC1(N2CC3(COC3)C2)N=CC(C(=O)O)=CN1. The van der Waals surface area contributed by atoms with E-state index in [9.17, 15) is 4.79 Å². The van der Waals surface area contributed by atoms with Gasteiger partial charge in [0, 0.05) is 30.9 Å². The maximum Gasteiger partial charge on any atom is 0.338 e. The van der Waals surface area contributed by atoms with E-state index in [1.165, 1.54) is 12.4 Å². The van der Waals surface area contributed by atoms with Gasteiger partial charge in [-0.15, -0.1) is 0 Å². The molecule has 6 nitrogen and oxygen atoms in total. The molecule has 3 heterocycles. The molecule has 0 aromatic heterocycles. The van der Waals surface area contributed by atoms with Crippen molar-refractivity contribution in [1.29, 1.82) is 0 Å². The second-order valence-electron chi connectivity index (χ2n) is 5.18. The lowest BCUT2D eigenvalue weighted by Gasteiger charge is -2.59. The Balaban J connectivity index is 1.66. The first-order valence-electron chi connectivity index (χ1n) is 5.62. The molecule has 1 atom stereocenters. The van der Waals surface area contributed by atoms with Crippen molar-refractivity contribution in [2.45, 2.75) is 12.7 Å². The summed E-state index contributed by atoms with van der Waals surface area (Å²) in [6.07, 6.45) is 2.93. The predicted octanol–water partition coefficient (Wildman–Crippen LogP) is -0.365. The number of nitrogens with one attached hydrogen (secondary N) is 1. The molecule has 3 aliphatic heterocycles. The second-order valence-corrected chi connectivity index (χ2v) is 5.18. The summed E-state index contributed by atoms with van der Waals surface area (Å²) >= 11 is 0. The Kier molecular flexibility index (Phi) is 2.08. The molecule has 0 aliphatic carbocycles. The van der Waals surface area contributed by atoms with Crippen molar-refractivity contribution >= 4 is 12.2 Å². The lowest BCUT2D eigenvalue weighted by molar-refractivity contribution is -0.213. The van der Waals surface area contributed by atoms with Crippen LogP contribution in [-0.4, -0.2) is 54.3 Å². The largest absolute Gasteiger partial charge is 0.478 e. The average molecular weight is 237 g/mol. The Morgan fingerprint density at radius 1 is 1.59 bits per heavy atom. The van der Waals surface area contributed by atoms with Gasteiger partial charge < -0.3 is 15.2 Å². The summed E-state index contributed by atoms with van der Waals surface area (Å²) in [5.74, 6) is -1.48. The molecule has 0 amide bonds. The molecule has 0 aromatic rings. The Morgan fingerprint density at radius 2 is 2.29 bits per heavy atom. The van der Waals surface area contributed by atoms with E-state index >= 15 is 0 Å². The van der Waals surface area contributed by atoms with Crippen LogP contribution in [0.1, 0.15) is 6.92 Å². The maximum atomic E-state index is 10.7. The number of rotatable bonds is 2. The molecule has 2 fully saturated rings. The fourth-order valence-electron chi connectivity index (χ4n) is 2.42. The quantitative estimate of drug-likeness (QED) is 0.685. The van der Waals surface area contributed by atoms with E-state index < -0.39 is 11.8 Å². The number of aliphatic imine (C=N–C) groups is 1. The molecule has 0 bridgehead atoms. The molecule has 92 valence electrons. The van der Waals surface area contributed by atoms with Crippen molar-refractivity contribution in [3.8, 4) is 0 Å². The van der Waals surface area contributed by atoms with Gasteiger partial charge in [0.1, 0.15) is 0 Å². The van der Waals surface area contributed by atoms with Crippen molar-refractivity contribution in [2.24, 2.45) is 10.4 Å². The molecule has 2 N–H and O–H groups in total. The minimum Gasteiger partial charge on any atom is -0.478 e. The van der Waals surface area contributed by atoms with Gasteiger partial charge in [0.2, 0.25) is 0 Å². The molecule has 0 saturated carbocycles. The molecule has 2 saturated heterocycles. The molecular weight excluding hydrogens is 222 g/mol. The third-order valence-corrected chi connectivity index (χ3v) is 3.69. The number of carbonyl (C=O) groups is 1. The summed E-state index contributed by atoms with van der Waals surface area (Å²) < 4.78 is 5.22. The van der Waals surface area contributed by atoms with Gasteiger partial charge in [0.05, 0.1) is 18.8 Å². The molecule has 1 spiro atoms. The van der Waals surface area contributed by atoms with Crippen LogP contribution in [0.15, 0.2) is 16.8 Å². The van der Waals surface area contributed by atoms with E-state index in [-0.39, 0.29) is 5.57 Å². The first-order chi connectivity index (χ1) is 8.03. The van der Waals surface area contributed by atoms with Gasteiger partial charge in [-0.2, -0.15) is 0 Å². The van der Waals surface area contributed by atoms with E-state index in [1.807, 2.05) is 6.92 Å². The highest BCUT2D eigenvalue weighted by Gasteiger charge is 2.54. The molecular formula is C11H15N3O3. The molecule has 17 heavy (non-hydrogen) atoms. The molecule has 1 unspecified atom stereocenters. The van der Waals surface area contributed by atoms with Crippen LogP contribution in [0.25, 0.3) is 0 Å². The topological polar surface area (TPSA) is 74.2 Å². The normalized spacial score (nSPS) is 34.5. The Morgan fingerprint density at radius 3 is 2.71 bits per heavy atom. The Hall–Kier alpha value is -1.40. The summed E-state index contributed by atoms with van der Waals surface area (Å²) in [5.41, 5.74) is 0.515. The highest BCUT2D eigenvalue weighted by atomic mass is 16.5. The fourth-order valence-corrected chi connectivity index (χ4v) is 2.42. The third kappa shape index (κ3) is 1.56. The van der Waals surface area contributed by atoms with Crippen LogP contribution >= 0.6 is 0 Å². The lowest BCUT2D eigenvalue weighted by atomic mass is 9.77. The van der Waals surface area contributed by atoms with Crippen LogP contribution < -0.4 is 5.32 Å². The zero-order chi connectivity index (χ0) is 12.1. The number of likely N-dealkylation sites (tertiary alicyclic amines) is 1. The molecule has 6 heteroatoms. The van der Waals surface area contributed by atoms with Crippen LogP contribution in [0.3, 0.4) is 0 Å². The summed E-state index contributed by atoms with van der Waals surface area (Å²) in [6, 6.07) is 0. The van der Waals surface area contributed by atoms with Gasteiger partial charge in [0.15, 0.2) is 5.79 Å². The number of carboxylic acid groups (broad SMARTS) is 1. The van der Waals surface area contributed by atoms with Crippen molar-refractivity contribution < 1.29 is 14.6 Å². The highest BCUT2D eigenvalue weighted by molar-refractivity contribution is 6.08. The number of carboxylic acids is 1. The van der Waals surface area contributed by atoms with E-state index in [2.05, 4.69) is 15.2 Å². The van der Waals surface area contributed by atoms with Crippen molar-refractivity contribution in [3.05, 3.63) is 11.8 Å². The standard InChI is InChI=1S/C11H15N3O3/c1-10(12-2-8(3-13-10)9(15)16)14-4-11(5-14)6-17-7-11/h2-3,12H,4-7H2,1H3,(H,15,16). The maximum absolute atomic E-state index is 10.7. The van der Waals surface area contributed by atoms with Gasteiger partial charge in [-0.3, -0.25) is 4.90 Å². The summed E-state index contributed by atoms with van der Waals surface area (Å²) in [7, 11) is 0. The van der Waals surface area contributed by atoms with E-state index in [1.54, 1.807) is 0 Å². The minimum absolute atomic E-state index is 0.185. The number of aliphatic carboxylic acids is 1. The molecule has 0 aromatic carbocycles. The molecule has 0 radical (unpaired) electrons. The van der Waals surface area contributed by atoms with Crippen molar-refractivity contribution in [3.63, 3.8) is 0 Å². The Labute approximate surface area is 99.0 Å². The van der Waals surface area contributed by atoms with Gasteiger partial charge in [-0.25, -0.2) is 9.79 Å². The predicted molar refractivity (Wildman–Crippen MR) is 60.6 cm³/mol. The zero-order valence-corrected chi connectivity index (χ0v) is 9.64. The van der Waals surface area contributed by atoms with Crippen LogP contribution in [-0.2, 0) is 9.53 Å². The average Bonchev–Trinajstić information content (AvgIpc) is 2.13. The molecule has 3 rings (SSSR count). The monoisotopic (exact) mass is 237 g/mol. The van der Waals surface area contributed by atoms with Crippen LogP contribution in [0.2, 0.25) is 0 Å². The highest BCUT2D eigenvalue weighted by Crippen LogP contribution is 2.41. The lowest BCUT2D eigenvalue weighted by Crippen LogP contribution is -2.73. The number of hydrogen-bond donors (Lipinski definition) is 2. The van der Waals surface area contributed by atoms with Gasteiger partial charge in [0.25, 0.3) is 0 Å². The van der Waals surface area contributed by atoms with Gasteiger partial charge in [-0.1, -0.05) is 0 Å². The Bertz CT molecular complexity index is 420. The van der Waals surface area contributed by atoms with Crippen molar-refractivity contribution in [2.75, 3.05) is 26.3 Å². The van der Waals surface area contributed by atoms with Gasteiger partial charge >= 0.3 is 5.97 Å². The fraction of sp³-hybridized carbons (Fsp3) is 0.636. The minimum atomic E-state index is -0.962. The number of ether oxygens (including phenoxy) is 1. The van der Waals surface area contributed by atoms with E-state index in [4.69, 9.17) is 9.84 Å². The number of hydrogen-bond acceptors (Lipinski definition) is 5. The third-order valence-electron chi connectivity index (χ3n) is 3.69. The first kappa shape index (κ1) is 10.7. The van der Waals surface area contributed by atoms with Crippen LogP contribution in [0, 0.1) is 5.41 Å². The van der Waals surface area contributed by atoms with Crippen molar-refractivity contribution in [1.82, 2.24) is 10.2 Å². The second kappa shape index (κ2) is 3.30. The number of nitrogens with zero attached hydrogens (tertiary/aromatic N) is 2. The zero-order valence-electron chi connectivity index (χ0n) is 9.64. The van der Waals surface area contributed by atoms with Gasteiger partial charge in [-0.05, 0) is 6.92 Å². The summed E-state index contributed by atoms with van der Waals surface area (Å²) in [6.45, 7) is 5.51. The van der Waals surface area contributed by atoms with E-state index in [0.717, 1.165) is 26.3 Å². The molecule has 3 aliphatic rings. The first-order valence-corrected chi connectivity index (χ1v) is 5.62. The summed E-state index contributed by atoms with van der Waals surface area (Å²) in [5, 5.41) is 11.9. The van der Waals surface area contributed by atoms with E-state index in [0.29, 0.717) is 5.41 Å².